The molecule has 0 atom stereocenters. The Hall–Kier alpha value is -3.65. The van der Waals surface area contributed by atoms with E-state index in [0.717, 1.165) is 78.5 Å². The number of fused-ring (bicyclic) bond motifs is 2. The topological polar surface area (TPSA) is 72.9 Å². The number of hydrogen-bond donors (Lipinski definition) is 1. The third-order valence-corrected chi connectivity index (χ3v) is 8.35. The Balaban J connectivity index is 1.38. The molecule has 0 saturated heterocycles. The zero-order valence-electron chi connectivity index (χ0n) is 22.3. The molecule has 0 unspecified atom stereocenters. The molecule has 1 aliphatic carbocycles. The van der Waals surface area contributed by atoms with Gasteiger partial charge in [-0.15, -0.1) is 0 Å². The molecular weight excluding hydrogens is 474 g/mol. The average Bonchev–Trinajstić information content (AvgIpc) is 3.30. The van der Waals surface area contributed by atoms with Crippen LogP contribution in [0.3, 0.4) is 0 Å². The number of hydrogen-bond acceptors (Lipinski definition) is 4. The highest BCUT2D eigenvalue weighted by Gasteiger charge is 2.30. The number of benzene rings is 1. The highest BCUT2D eigenvalue weighted by atomic mass is 16.2. The maximum absolute atomic E-state index is 14.0. The van der Waals surface area contributed by atoms with Gasteiger partial charge in [-0.25, -0.2) is 0 Å². The van der Waals surface area contributed by atoms with Crippen LogP contribution in [0, 0.1) is 5.92 Å². The van der Waals surface area contributed by atoms with E-state index in [9.17, 15) is 4.79 Å². The third-order valence-electron chi connectivity index (χ3n) is 8.35. The SMILES string of the molecule is CCn1nccc1-c1cc(C(=O)N2Cc3cnn(CC)c3C2)cc2cc(C3=CCCNC3)n(CC3CC3)c12. The zero-order chi connectivity index (χ0) is 25.8. The van der Waals surface area contributed by atoms with Crippen LogP contribution in [0.2, 0.25) is 0 Å². The first kappa shape index (κ1) is 23.5. The maximum Gasteiger partial charge on any atom is 0.254 e. The second-order valence-corrected chi connectivity index (χ2v) is 10.9. The van der Waals surface area contributed by atoms with Gasteiger partial charge in [-0.2, -0.15) is 10.2 Å². The Bertz CT molecular complexity index is 1560. The molecule has 1 aromatic carbocycles. The number of carbonyl (C=O) groups is 1. The second-order valence-electron chi connectivity index (χ2n) is 10.9. The largest absolute Gasteiger partial charge is 0.340 e. The molecule has 7 rings (SSSR count). The van der Waals surface area contributed by atoms with E-state index >= 15 is 0 Å². The number of aryl methyl sites for hydroxylation is 2. The summed E-state index contributed by atoms with van der Waals surface area (Å²) >= 11 is 0. The summed E-state index contributed by atoms with van der Waals surface area (Å²) in [4.78, 5) is 15.9. The molecule has 8 heteroatoms. The first-order chi connectivity index (χ1) is 18.6. The van der Waals surface area contributed by atoms with Crippen LogP contribution < -0.4 is 5.32 Å². The summed E-state index contributed by atoms with van der Waals surface area (Å²) < 4.78 is 6.58. The van der Waals surface area contributed by atoms with E-state index in [4.69, 9.17) is 0 Å². The molecule has 1 N–H and O–H groups in total. The van der Waals surface area contributed by atoms with Crippen molar-refractivity contribution in [3.8, 4) is 11.3 Å². The zero-order valence-corrected chi connectivity index (χ0v) is 22.3. The van der Waals surface area contributed by atoms with Crippen LogP contribution in [0.25, 0.3) is 27.7 Å². The monoisotopic (exact) mass is 509 g/mol. The minimum absolute atomic E-state index is 0.0737. The number of carbonyl (C=O) groups excluding carboxylic acids is 1. The van der Waals surface area contributed by atoms with Crippen molar-refractivity contribution in [2.75, 3.05) is 13.1 Å². The van der Waals surface area contributed by atoms with Gasteiger partial charge in [0, 0.05) is 66.7 Å². The molecule has 0 radical (unpaired) electrons. The van der Waals surface area contributed by atoms with E-state index in [1.807, 2.05) is 26.7 Å². The summed E-state index contributed by atoms with van der Waals surface area (Å²) in [5.74, 6) is 0.803. The van der Waals surface area contributed by atoms with Crippen LogP contribution >= 0.6 is 0 Å². The number of nitrogens with one attached hydrogen (secondary N) is 1. The lowest BCUT2D eigenvalue weighted by Gasteiger charge is -2.20. The Morgan fingerprint density at radius 3 is 2.68 bits per heavy atom. The van der Waals surface area contributed by atoms with Gasteiger partial charge in [-0.3, -0.25) is 14.2 Å². The fourth-order valence-electron chi connectivity index (χ4n) is 6.20. The fraction of sp³-hybridized carbons (Fsp3) is 0.433. The summed E-state index contributed by atoms with van der Waals surface area (Å²) in [5.41, 5.74) is 9.06. The van der Waals surface area contributed by atoms with Crippen LogP contribution in [0.4, 0.5) is 0 Å². The molecule has 1 fully saturated rings. The van der Waals surface area contributed by atoms with E-state index in [-0.39, 0.29) is 5.91 Å². The Morgan fingerprint density at radius 2 is 1.92 bits per heavy atom. The number of nitrogens with zero attached hydrogens (tertiary/aromatic N) is 6. The van der Waals surface area contributed by atoms with Gasteiger partial charge in [0.15, 0.2) is 0 Å². The molecule has 4 aromatic rings. The molecule has 38 heavy (non-hydrogen) atoms. The summed E-state index contributed by atoms with van der Waals surface area (Å²) in [6.07, 6.45) is 9.80. The second kappa shape index (κ2) is 9.27. The lowest BCUT2D eigenvalue weighted by molar-refractivity contribution is 0.0748. The minimum Gasteiger partial charge on any atom is -0.340 e. The molecule has 196 valence electrons. The van der Waals surface area contributed by atoms with Crippen LogP contribution in [0.15, 0.2) is 42.7 Å². The molecule has 5 heterocycles. The molecular formula is C30H35N7O. The fourth-order valence-corrected chi connectivity index (χ4v) is 6.20. The van der Waals surface area contributed by atoms with Crippen LogP contribution in [-0.4, -0.2) is 48.0 Å². The third kappa shape index (κ3) is 3.89. The molecule has 2 aliphatic heterocycles. The van der Waals surface area contributed by atoms with Gasteiger partial charge in [0.1, 0.15) is 0 Å². The van der Waals surface area contributed by atoms with Crippen molar-refractivity contribution in [3.05, 3.63) is 65.2 Å². The van der Waals surface area contributed by atoms with Gasteiger partial charge >= 0.3 is 0 Å². The van der Waals surface area contributed by atoms with E-state index in [1.165, 1.54) is 29.6 Å². The molecule has 3 aromatic heterocycles. The number of amides is 1. The van der Waals surface area contributed by atoms with Crippen molar-refractivity contribution >= 4 is 22.4 Å². The Labute approximate surface area is 222 Å². The highest BCUT2D eigenvalue weighted by molar-refractivity contribution is 6.04. The van der Waals surface area contributed by atoms with Crippen molar-refractivity contribution < 1.29 is 4.79 Å². The molecule has 0 spiro atoms. The van der Waals surface area contributed by atoms with E-state index in [2.05, 4.69) is 64.3 Å². The van der Waals surface area contributed by atoms with Gasteiger partial charge in [0.2, 0.25) is 0 Å². The van der Waals surface area contributed by atoms with E-state index in [0.29, 0.717) is 13.1 Å². The average molecular weight is 510 g/mol. The Morgan fingerprint density at radius 1 is 1.05 bits per heavy atom. The molecule has 0 bridgehead atoms. The van der Waals surface area contributed by atoms with Gasteiger partial charge in [0.25, 0.3) is 5.91 Å². The standard InChI is InChI=1S/C30H35N7O/c1-3-36-26(9-11-32-36)25-13-23(30(38)34-18-24-16-33-37(4-2)28(24)19-34)12-22-14-27(21-6-5-10-31-15-21)35(29(22)25)17-20-7-8-20/h6,9,11-14,16,20,31H,3-5,7-8,10,15,17-19H2,1-2H3. The van der Waals surface area contributed by atoms with Crippen molar-refractivity contribution in [1.29, 1.82) is 0 Å². The summed E-state index contributed by atoms with van der Waals surface area (Å²) in [7, 11) is 0. The van der Waals surface area contributed by atoms with Crippen molar-refractivity contribution in [3.63, 3.8) is 0 Å². The highest BCUT2D eigenvalue weighted by Crippen LogP contribution is 2.39. The molecule has 3 aliphatic rings. The van der Waals surface area contributed by atoms with Gasteiger partial charge in [-0.05, 0) is 75.4 Å². The lowest BCUT2D eigenvalue weighted by Crippen LogP contribution is -2.26. The first-order valence-electron chi connectivity index (χ1n) is 14.1. The quantitative estimate of drug-likeness (QED) is 0.393. The van der Waals surface area contributed by atoms with Crippen LogP contribution in [0.5, 0.6) is 0 Å². The van der Waals surface area contributed by atoms with Crippen molar-refractivity contribution in [1.82, 2.24) is 34.3 Å². The summed E-state index contributed by atoms with van der Waals surface area (Å²) in [6.45, 7) is 9.96. The van der Waals surface area contributed by atoms with Crippen LogP contribution in [0.1, 0.15) is 60.4 Å². The Kier molecular flexibility index (Phi) is 5.73. The van der Waals surface area contributed by atoms with E-state index < -0.39 is 0 Å². The van der Waals surface area contributed by atoms with Gasteiger partial charge in [-0.1, -0.05) is 6.08 Å². The number of aromatic nitrogens is 5. The van der Waals surface area contributed by atoms with Gasteiger partial charge in [0.05, 0.1) is 29.6 Å². The smallest absolute Gasteiger partial charge is 0.254 e. The maximum atomic E-state index is 14.0. The lowest BCUT2D eigenvalue weighted by atomic mass is 10.0. The molecule has 1 amide bonds. The van der Waals surface area contributed by atoms with Gasteiger partial charge < -0.3 is 14.8 Å². The predicted molar refractivity (Wildman–Crippen MR) is 148 cm³/mol. The summed E-state index contributed by atoms with van der Waals surface area (Å²) in [6, 6.07) is 8.64. The predicted octanol–water partition coefficient (Wildman–Crippen LogP) is 4.68. The first-order valence-corrected chi connectivity index (χ1v) is 14.1. The number of rotatable bonds is 7. The minimum atomic E-state index is 0.0737. The van der Waals surface area contributed by atoms with Crippen molar-refractivity contribution in [2.45, 2.75) is 65.8 Å². The molecule has 1 saturated carbocycles. The van der Waals surface area contributed by atoms with Crippen LogP contribution in [-0.2, 0) is 32.7 Å². The molecule has 8 nitrogen and oxygen atoms in total. The van der Waals surface area contributed by atoms with Crippen molar-refractivity contribution in [2.24, 2.45) is 5.92 Å². The summed E-state index contributed by atoms with van der Waals surface area (Å²) in [5, 5.41) is 13.7. The normalized spacial score (nSPS) is 17.3. The van der Waals surface area contributed by atoms with E-state index in [1.54, 1.807) is 0 Å².